The highest BCUT2D eigenvalue weighted by atomic mass is 16.6. The highest BCUT2D eigenvalue weighted by Gasteiger charge is 2.30. The van der Waals surface area contributed by atoms with E-state index in [0.717, 1.165) is 24.1 Å². The van der Waals surface area contributed by atoms with Crippen molar-refractivity contribution in [2.45, 2.75) is 32.0 Å². The van der Waals surface area contributed by atoms with Gasteiger partial charge in [0.25, 0.3) is 5.69 Å². The smallest absolute Gasteiger partial charge is 0.320 e. The molecule has 3 rings (SSSR count). The summed E-state index contributed by atoms with van der Waals surface area (Å²) in [6.45, 7) is 1.55. The topological polar surface area (TPSA) is 102 Å². The fourth-order valence-electron chi connectivity index (χ4n) is 3.33. The molecule has 2 aromatic carbocycles. The van der Waals surface area contributed by atoms with Crippen LogP contribution < -0.4 is 9.47 Å². The normalized spacial score (nSPS) is 16.7. The van der Waals surface area contributed by atoms with Crippen LogP contribution in [0, 0.1) is 10.1 Å². The van der Waals surface area contributed by atoms with Gasteiger partial charge in [-0.2, -0.15) is 0 Å². The number of benzene rings is 2. The molecule has 148 valence electrons. The molecule has 0 bridgehead atoms. The van der Waals surface area contributed by atoms with Crippen molar-refractivity contribution in [3.63, 3.8) is 0 Å². The molecule has 1 heterocycles. The highest BCUT2D eigenvalue weighted by molar-refractivity contribution is 5.73. The Morgan fingerprint density at radius 3 is 2.57 bits per heavy atom. The van der Waals surface area contributed by atoms with Crippen molar-refractivity contribution < 1.29 is 24.3 Å². The first-order valence-electron chi connectivity index (χ1n) is 8.98. The molecule has 0 saturated carbocycles. The molecule has 1 saturated heterocycles. The zero-order valence-electron chi connectivity index (χ0n) is 15.5. The molecule has 0 amide bonds. The zero-order valence-corrected chi connectivity index (χ0v) is 15.5. The minimum absolute atomic E-state index is 0.0345. The maximum atomic E-state index is 11.3. The molecular weight excluding hydrogens is 364 g/mol. The number of rotatable bonds is 8. The van der Waals surface area contributed by atoms with Crippen LogP contribution in [0.5, 0.6) is 11.5 Å². The van der Waals surface area contributed by atoms with E-state index in [1.807, 2.05) is 17.0 Å². The van der Waals surface area contributed by atoms with E-state index < -0.39 is 16.9 Å². The van der Waals surface area contributed by atoms with Crippen LogP contribution >= 0.6 is 0 Å². The first-order chi connectivity index (χ1) is 13.5. The van der Waals surface area contributed by atoms with Gasteiger partial charge in [0, 0.05) is 18.7 Å². The van der Waals surface area contributed by atoms with Crippen molar-refractivity contribution in [2.75, 3.05) is 13.7 Å². The maximum Gasteiger partial charge on any atom is 0.320 e. The van der Waals surface area contributed by atoms with Gasteiger partial charge in [-0.25, -0.2) is 0 Å². The number of hydrogen-bond donors (Lipinski definition) is 1. The number of carboxylic acids is 1. The Bertz CT molecular complexity index is 852. The molecule has 0 aromatic heterocycles. The third kappa shape index (κ3) is 4.58. The van der Waals surface area contributed by atoms with E-state index in [-0.39, 0.29) is 12.3 Å². The Morgan fingerprint density at radius 2 is 1.93 bits per heavy atom. The third-order valence-electron chi connectivity index (χ3n) is 4.80. The van der Waals surface area contributed by atoms with Gasteiger partial charge in [0.05, 0.1) is 12.0 Å². The summed E-state index contributed by atoms with van der Waals surface area (Å²) in [6, 6.07) is 11.3. The molecule has 0 spiro atoms. The molecule has 0 aliphatic carbocycles. The van der Waals surface area contributed by atoms with Crippen LogP contribution in [-0.4, -0.2) is 40.6 Å². The van der Waals surface area contributed by atoms with Crippen LogP contribution in [0.2, 0.25) is 0 Å². The summed E-state index contributed by atoms with van der Waals surface area (Å²) in [5.74, 6) is 0.332. The summed E-state index contributed by atoms with van der Waals surface area (Å²) in [4.78, 5) is 23.6. The summed E-state index contributed by atoms with van der Waals surface area (Å²) in [5, 5.41) is 20.0. The number of nitro benzene ring substituents is 1. The predicted molar refractivity (Wildman–Crippen MR) is 101 cm³/mol. The number of aliphatic carboxylic acids is 1. The van der Waals surface area contributed by atoms with Gasteiger partial charge < -0.3 is 14.6 Å². The number of ether oxygens (including phenoxy) is 2. The predicted octanol–water partition coefficient (Wildman–Crippen LogP) is 3.23. The number of nitrogens with zero attached hydrogens (tertiary/aromatic N) is 2. The van der Waals surface area contributed by atoms with Crippen LogP contribution in [0.1, 0.15) is 24.0 Å². The first-order valence-corrected chi connectivity index (χ1v) is 8.98. The van der Waals surface area contributed by atoms with Crippen molar-refractivity contribution in [2.24, 2.45) is 0 Å². The summed E-state index contributed by atoms with van der Waals surface area (Å²) < 4.78 is 11.2. The number of likely N-dealkylation sites (tertiary alicyclic amines) is 1. The number of carboxylic acid groups (broad SMARTS) is 1. The van der Waals surface area contributed by atoms with Crippen LogP contribution in [0.3, 0.4) is 0 Å². The Hall–Kier alpha value is -3.13. The second kappa shape index (κ2) is 8.71. The van der Waals surface area contributed by atoms with Crippen molar-refractivity contribution in [3.05, 3.63) is 63.7 Å². The van der Waals surface area contributed by atoms with Crippen molar-refractivity contribution in [1.29, 1.82) is 0 Å². The molecule has 1 aliphatic rings. The third-order valence-corrected chi connectivity index (χ3v) is 4.80. The van der Waals surface area contributed by atoms with Crippen molar-refractivity contribution >= 4 is 11.7 Å². The average molecular weight is 386 g/mol. The van der Waals surface area contributed by atoms with E-state index in [1.165, 1.54) is 12.1 Å². The lowest BCUT2D eigenvalue weighted by Crippen LogP contribution is -2.35. The van der Waals surface area contributed by atoms with E-state index in [4.69, 9.17) is 9.47 Å². The largest absolute Gasteiger partial charge is 0.493 e. The SMILES string of the molecule is COc1cc(CN2CCCC2C(=O)O)ccc1OCc1ccc([N+](=O)[O-])cc1. The van der Waals surface area contributed by atoms with Gasteiger partial charge in [-0.1, -0.05) is 6.07 Å². The molecule has 1 fully saturated rings. The zero-order chi connectivity index (χ0) is 20.1. The summed E-state index contributed by atoms with van der Waals surface area (Å²) >= 11 is 0. The van der Waals surface area contributed by atoms with Crippen LogP contribution in [0.4, 0.5) is 5.69 Å². The molecule has 28 heavy (non-hydrogen) atoms. The number of methoxy groups -OCH3 is 1. The first kappa shape index (κ1) is 19.6. The molecule has 1 unspecified atom stereocenters. The molecular formula is C20H22N2O6. The van der Waals surface area contributed by atoms with E-state index in [0.29, 0.717) is 24.5 Å². The fourth-order valence-corrected chi connectivity index (χ4v) is 3.33. The van der Waals surface area contributed by atoms with Gasteiger partial charge in [0.15, 0.2) is 11.5 Å². The van der Waals surface area contributed by atoms with Crippen LogP contribution in [0.25, 0.3) is 0 Å². The van der Waals surface area contributed by atoms with Gasteiger partial charge in [-0.15, -0.1) is 0 Å². The van der Waals surface area contributed by atoms with Gasteiger partial charge in [-0.05, 0) is 54.8 Å². The lowest BCUT2D eigenvalue weighted by Gasteiger charge is -2.21. The number of nitro groups is 1. The molecule has 1 aliphatic heterocycles. The quantitative estimate of drug-likeness (QED) is 0.549. The number of carbonyl (C=O) groups is 1. The van der Waals surface area contributed by atoms with E-state index >= 15 is 0 Å². The number of hydrogen-bond acceptors (Lipinski definition) is 6. The van der Waals surface area contributed by atoms with Crippen LogP contribution in [0.15, 0.2) is 42.5 Å². The summed E-state index contributed by atoms with van der Waals surface area (Å²) in [5.41, 5.74) is 1.79. The fraction of sp³-hybridized carbons (Fsp3) is 0.350. The molecule has 1 atom stereocenters. The van der Waals surface area contributed by atoms with Gasteiger partial charge in [0.2, 0.25) is 0 Å². The molecule has 8 heteroatoms. The van der Waals surface area contributed by atoms with E-state index in [2.05, 4.69) is 0 Å². The Labute approximate surface area is 162 Å². The Balaban J connectivity index is 1.66. The lowest BCUT2D eigenvalue weighted by atomic mass is 10.1. The maximum absolute atomic E-state index is 11.3. The van der Waals surface area contributed by atoms with Crippen molar-refractivity contribution in [1.82, 2.24) is 4.90 Å². The summed E-state index contributed by atoms with van der Waals surface area (Å²) in [7, 11) is 1.55. The van der Waals surface area contributed by atoms with Crippen molar-refractivity contribution in [3.8, 4) is 11.5 Å². The van der Waals surface area contributed by atoms with E-state index in [1.54, 1.807) is 25.3 Å². The molecule has 8 nitrogen and oxygen atoms in total. The van der Waals surface area contributed by atoms with Gasteiger partial charge in [0.1, 0.15) is 12.6 Å². The van der Waals surface area contributed by atoms with Gasteiger partial charge in [-0.3, -0.25) is 19.8 Å². The molecule has 1 N–H and O–H groups in total. The van der Waals surface area contributed by atoms with E-state index in [9.17, 15) is 20.0 Å². The standard InChI is InChI=1S/C20H22N2O6/c1-27-19-11-15(12-21-10-2-3-17(21)20(23)24)6-9-18(19)28-13-14-4-7-16(8-5-14)22(25)26/h4-9,11,17H,2-3,10,12-13H2,1H3,(H,23,24). The Morgan fingerprint density at radius 1 is 1.21 bits per heavy atom. The second-order valence-electron chi connectivity index (χ2n) is 6.66. The summed E-state index contributed by atoms with van der Waals surface area (Å²) in [6.07, 6.45) is 1.55. The second-order valence-corrected chi connectivity index (χ2v) is 6.66. The minimum atomic E-state index is -0.785. The highest BCUT2D eigenvalue weighted by Crippen LogP contribution is 2.30. The Kier molecular flexibility index (Phi) is 6.10. The molecule has 2 aromatic rings. The minimum Gasteiger partial charge on any atom is -0.493 e. The number of non-ortho nitro benzene ring substituents is 1. The van der Waals surface area contributed by atoms with Gasteiger partial charge >= 0.3 is 5.97 Å². The average Bonchev–Trinajstić information content (AvgIpc) is 3.15. The van der Waals surface area contributed by atoms with Crippen LogP contribution in [-0.2, 0) is 17.9 Å². The monoisotopic (exact) mass is 386 g/mol. The lowest BCUT2D eigenvalue weighted by molar-refractivity contribution is -0.384. The molecule has 0 radical (unpaired) electrons.